The highest BCUT2D eigenvalue weighted by Crippen LogP contribution is 2.20. The van der Waals surface area contributed by atoms with Crippen LogP contribution in [-0.4, -0.2) is 101 Å². The van der Waals surface area contributed by atoms with Crippen LogP contribution in [0.5, 0.6) is 5.75 Å². The van der Waals surface area contributed by atoms with E-state index < -0.39 is 72.2 Å². The average molecular weight is 799 g/mol. The molecule has 16 heteroatoms. The van der Waals surface area contributed by atoms with Crippen LogP contribution >= 0.6 is 0 Å². The van der Waals surface area contributed by atoms with E-state index >= 15 is 0 Å². The molecule has 16 nitrogen and oxygen atoms in total. The number of benzene rings is 2. The van der Waals surface area contributed by atoms with Gasteiger partial charge >= 0.3 is 0 Å². The average Bonchev–Trinajstić information content (AvgIpc) is 3.81. The van der Waals surface area contributed by atoms with Crippen molar-refractivity contribution < 1.29 is 38.0 Å². The number of carbonyl (C=O) groups excluding carboxylic acids is 6. The van der Waals surface area contributed by atoms with Gasteiger partial charge in [-0.05, 0) is 61.4 Å². The molecule has 0 bridgehead atoms. The fourth-order valence-corrected chi connectivity index (χ4v) is 6.79. The SMILES string of the molecule is COc1ccc(C[C@@H]2NC(=O)[C@H](CC(C)C)NC(=O)[C@@H](Cc3c[nH]c4ccccc34)NC(=O)CN(C(=O)c3cc(C)on3)C[C@H](C(C)C)NC(=O)[C@@H](C)NC2=O)cc1. The third-order valence-corrected chi connectivity index (χ3v) is 10.1. The standard InChI is InChI=1S/C42H54N8O8/c1-23(2)16-32-40(54)47-33(18-27-12-14-29(57-7)15-13-27)39(53)44-26(6)38(52)48-36(24(3)4)21-50(42(56)35-17-25(5)58-49-35)22-37(51)45-34(41(55)46-32)19-28-20-43-31-11-9-8-10-30(28)31/h8-15,17,20,23-24,26,32-34,36,43H,16,18-19,21-22H2,1-7H3,(H,44,53)(H,45,51)(H,46,55)(H,47,54)(H,48,52)/t26-,32+,33+,34-,36-/m1/s1. The Bertz CT molecular complexity index is 2090. The lowest BCUT2D eigenvalue weighted by Crippen LogP contribution is -2.60. The van der Waals surface area contributed by atoms with Crippen molar-refractivity contribution in [3.05, 3.63) is 83.4 Å². The molecule has 4 aromatic rings. The summed E-state index contributed by atoms with van der Waals surface area (Å²) >= 11 is 0. The highest BCUT2D eigenvalue weighted by molar-refractivity contribution is 5.98. The van der Waals surface area contributed by atoms with Gasteiger partial charge in [0, 0.05) is 48.6 Å². The molecule has 1 aliphatic rings. The van der Waals surface area contributed by atoms with E-state index in [4.69, 9.17) is 9.26 Å². The van der Waals surface area contributed by atoms with Gasteiger partial charge in [0.1, 0.15) is 35.7 Å². The maximum atomic E-state index is 14.4. The largest absolute Gasteiger partial charge is 0.497 e. The number of amides is 6. The lowest BCUT2D eigenvalue weighted by atomic mass is 9.99. The number of aromatic amines is 1. The molecule has 6 N–H and O–H groups in total. The van der Waals surface area contributed by atoms with Crippen molar-refractivity contribution in [2.24, 2.45) is 11.8 Å². The number of carbonyl (C=O) groups is 6. The Labute approximate surface area is 337 Å². The van der Waals surface area contributed by atoms with Crippen LogP contribution in [0.15, 0.2) is 65.3 Å². The molecule has 3 heterocycles. The molecule has 0 radical (unpaired) electrons. The summed E-state index contributed by atoms with van der Waals surface area (Å²) in [6.07, 6.45) is 2.07. The van der Waals surface area contributed by atoms with E-state index in [0.29, 0.717) is 17.1 Å². The van der Waals surface area contributed by atoms with Crippen molar-refractivity contribution in [3.8, 4) is 5.75 Å². The molecule has 0 saturated carbocycles. The first kappa shape index (κ1) is 42.9. The van der Waals surface area contributed by atoms with Crippen molar-refractivity contribution in [1.29, 1.82) is 0 Å². The van der Waals surface area contributed by atoms with Crippen LogP contribution in [-0.2, 0) is 36.8 Å². The van der Waals surface area contributed by atoms with Crippen molar-refractivity contribution in [3.63, 3.8) is 0 Å². The van der Waals surface area contributed by atoms with Gasteiger partial charge in [-0.1, -0.05) is 63.2 Å². The maximum absolute atomic E-state index is 14.4. The Morgan fingerprint density at radius 2 is 1.50 bits per heavy atom. The number of fused-ring (bicyclic) bond motifs is 1. The van der Waals surface area contributed by atoms with E-state index in [1.165, 1.54) is 25.0 Å². The van der Waals surface area contributed by atoms with E-state index in [1.807, 2.05) is 52.0 Å². The van der Waals surface area contributed by atoms with Gasteiger partial charge in [0.2, 0.25) is 29.5 Å². The molecule has 2 aromatic carbocycles. The van der Waals surface area contributed by atoms with Gasteiger partial charge in [0.05, 0.1) is 13.7 Å². The molecule has 1 aliphatic heterocycles. The van der Waals surface area contributed by atoms with Crippen LogP contribution in [0.2, 0.25) is 0 Å². The van der Waals surface area contributed by atoms with Crippen LogP contribution in [0.4, 0.5) is 0 Å². The van der Waals surface area contributed by atoms with Crippen molar-refractivity contribution in [2.45, 2.75) is 91.0 Å². The van der Waals surface area contributed by atoms with E-state index in [-0.39, 0.29) is 43.3 Å². The molecular formula is C42H54N8O8. The van der Waals surface area contributed by atoms with Crippen LogP contribution in [0.1, 0.15) is 68.4 Å². The molecule has 5 rings (SSSR count). The molecule has 0 unspecified atom stereocenters. The zero-order valence-corrected chi connectivity index (χ0v) is 34.0. The Morgan fingerprint density at radius 3 is 2.16 bits per heavy atom. The normalized spacial score (nSPS) is 21.8. The first-order valence-electron chi connectivity index (χ1n) is 19.5. The number of rotatable bonds is 9. The van der Waals surface area contributed by atoms with Gasteiger partial charge in [0.25, 0.3) is 5.91 Å². The third kappa shape index (κ3) is 11.2. The van der Waals surface area contributed by atoms with Crippen molar-refractivity contribution >= 4 is 46.3 Å². The summed E-state index contributed by atoms with van der Waals surface area (Å²) in [5.41, 5.74) is 2.24. The fourth-order valence-electron chi connectivity index (χ4n) is 6.79. The smallest absolute Gasteiger partial charge is 0.276 e. The van der Waals surface area contributed by atoms with Crippen molar-refractivity contribution in [2.75, 3.05) is 20.2 Å². The Hall–Kier alpha value is -6.19. The number of H-pyrrole nitrogens is 1. The molecule has 310 valence electrons. The summed E-state index contributed by atoms with van der Waals surface area (Å²) < 4.78 is 10.4. The lowest BCUT2D eigenvalue weighted by molar-refractivity contribution is -0.135. The second-order valence-corrected chi connectivity index (χ2v) is 15.6. The number of nitrogens with one attached hydrogen (secondary N) is 6. The number of ether oxygens (including phenoxy) is 1. The highest BCUT2D eigenvalue weighted by atomic mass is 16.5. The number of para-hydroxylation sites is 1. The summed E-state index contributed by atoms with van der Waals surface area (Å²) in [7, 11) is 1.54. The minimum Gasteiger partial charge on any atom is -0.497 e. The number of nitrogens with zero attached hydrogens (tertiary/aromatic N) is 2. The van der Waals surface area contributed by atoms with Gasteiger partial charge < -0.3 is 45.7 Å². The number of aromatic nitrogens is 2. The predicted octanol–water partition coefficient (Wildman–Crippen LogP) is 2.56. The third-order valence-electron chi connectivity index (χ3n) is 10.1. The molecule has 0 spiro atoms. The predicted molar refractivity (Wildman–Crippen MR) is 215 cm³/mol. The topological polar surface area (TPSA) is 217 Å². The van der Waals surface area contributed by atoms with Gasteiger partial charge in [0.15, 0.2) is 5.69 Å². The van der Waals surface area contributed by atoms with Gasteiger partial charge in [-0.15, -0.1) is 0 Å². The zero-order valence-electron chi connectivity index (χ0n) is 34.0. The van der Waals surface area contributed by atoms with E-state index in [0.717, 1.165) is 16.5 Å². The Balaban J connectivity index is 1.54. The Morgan fingerprint density at radius 1 is 0.845 bits per heavy atom. The summed E-state index contributed by atoms with van der Waals surface area (Å²) in [6, 6.07) is 10.8. The van der Waals surface area contributed by atoms with E-state index in [2.05, 4.69) is 36.7 Å². The molecule has 58 heavy (non-hydrogen) atoms. The summed E-state index contributed by atoms with van der Waals surface area (Å²) in [5, 5.41) is 18.9. The summed E-state index contributed by atoms with van der Waals surface area (Å²) in [4.78, 5) is 88.6. The first-order chi connectivity index (χ1) is 27.6. The molecule has 6 amide bonds. The van der Waals surface area contributed by atoms with Gasteiger partial charge in [-0.25, -0.2) is 0 Å². The van der Waals surface area contributed by atoms with E-state index in [1.54, 1.807) is 37.4 Å². The van der Waals surface area contributed by atoms with Crippen LogP contribution in [0.25, 0.3) is 10.9 Å². The van der Waals surface area contributed by atoms with Gasteiger partial charge in [-0.2, -0.15) is 0 Å². The molecule has 2 aromatic heterocycles. The molecule has 5 atom stereocenters. The molecule has 0 aliphatic carbocycles. The van der Waals surface area contributed by atoms with E-state index in [9.17, 15) is 28.8 Å². The van der Waals surface area contributed by atoms with Crippen molar-refractivity contribution in [1.82, 2.24) is 41.6 Å². The first-order valence-corrected chi connectivity index (χ1v) is 19.5. The maximum Gasteiger partial charge on any atom is 0.276 e. The van der Waals surface area contributed by atoms with Crippen LogP contribution < -0.4 is 31.3 Å². The lowest BCUT2D eigenvalue weighted by Gasteiger charge is -2.32. The molecule has 1 fully saturated rings. The minimum absolute atomic E-state index is 0.0408. The number of aryl methyl sites for hydroxylation is 1. The quantitative estimate of drug-likeness (QED) is 0.147. The molecule has 1 saturated heterocycles. The second kappa shape index (κ2) is 19.3. The Kier molecular flexibility index (Phi) is 14.3. The number of hydrogen-bond acceptors (Lipinski definition) is 9. The summed E-state index contributed by atoms with van der Waals surface area (Å²) in [6.45, 7) is 10.0. The number of methoxy groups -OCH3 is 1. The fraction of sp³-hybridized carbons (Fsp3) is 0.452. The minimum atomic E-state index is -1.20. The highest BCUT2D eigenvalue weighted by Gasteiger charge is 2.34. The van der Waals surface area contributed by atoms with Crippen LogP contribution in [0.3, 0.4) is 0 Å². The zero-order chi connectivity index (χ0) is 42.1. The number of hydrogen-bond donors (Lipinski definition) is 6. The van der Waals surface area contributed by atoms with Gasteiger partial charge in [-0.3, -0.25) is 28.8 Å². The summed E-state index contributed by atoms with van der Waals surface area (Å²) in [5.74, 6) is -3.02. The molecular weight excluding hydrogens is 745 g/mol. The van der Waals surface area contributed by atoms with Crippen LogP contribution in [0, 0.1) is 18.8 Å². The second-order valence-electron chi connectivity index (χ2n) is 15.6. The monoisotopic (exact) mass is 798 g/mol.